The van der Waals surface area contributed by atoms with Crippen LogP contribution in [0.3, 0.4) is 0 Å². The Hall–Kier alpha value is -2.30. The minimum absolute atomic E-state index is 0. The van der Waals surface area contributed by atoms with Crippen LogP contribution in [-0.2, 0) is 19.2 Å². The number of oxime groups is 1. The summed E-state index contributed by atoms with van der Waals surface area (Å²) in [6.45, 7) is 0. The molecule has 0 unspecified atom stereocenters. The summed E-state index contributed by atoms with van der Waals surface area (Å²) in [5.74, 6) is -1.87. The molecule has 4 rings (SSSR count). The molecule has 0 bridgehead atoms. The fraction of sp³-hybridized carbons (Fsp3) is 0.263. The van der Waals surface area contributed by atoms with E-state index in [0.717, 1.165) is 28.0 Å². The van der Waals surface area contributed by atoms with Gasteiger partial charge in [0.1, 0.15) is 30.0 Å². The number of furan rings is 1. The number of carbonyl (C=O) groups is 4. The van der Waals surface area contributed by atoms with Gasteiger partial charge in [-0.25, -0.2) is 9.78 Å². The Morgan fingerprint density at radius 2 is 2.23 bits per heavy atom. The Labute approximate surface area is 233 Å². The molecular weight excluding hydrogens is 529 g/mol. The summed E-state index contributed by atoms with van der Waals surface area (Å²) in [5, 5.41) is 16.8. The van der Waals surface area contributed by atoms with Gasteiger partial charge >= 0.3 is 5.97 Å². The Morgan fingerprint density at radius 1 is 1.46 bits per heavy atom. The second-order valence-corrected chi connectivity index (χ2v) is 9.78. The molecule has 2 aliphatic rings. The summed E-state index contributed by atoms with van der Waals surface area (Å²) in [7, 11) is 1.26. The summed E-state index contributed by atoms with van der Waals surface area (Å²) in [6, 6.07) is 2.13. The fourth-order valence-electron chi connectivity index (χ4n) is 3.29. The maximum absolute atomic E-state index is 12.8. The molecule has 4 heterocycles. The molecule has 1 fully saturated rings. The van der Waals surface area contributed by atoms with E-state index in [2.05, 4.69) is 15.5 Å². The number of anilines is 1. The molecule has 2 amide bonds. The van der Waals surface area contributed by atoms with Crippen LogP contribution in [0.2, 0.25) is 0 Å². The minimum Gasteiger partial charge on any atom is -0.477 e. The van der Waals surface area contributed by atoms with Gasteiger partial charge in [0.2, 0.25) is 5.71 Å². The van der Waals surface area contributed by atoms with Crippen molar-refractivity contribution in [3.63, 3.8) is 0 Å². The van der Waals surface area contributed by atoms with Crippen LogP contribution in [0.5, 0.6) is 0 Å². The number of nitrogens with two attached hydrogens (primary N) is 1. The van der Waals surface area contributed by atoms with Gasteiger partial charge in [0, 0.05) is 46.4 Å². The van der Waals surface area contributed by atoms with Crippen LogP contribution < -0.4 is 11.1 Å². The summed E-state index contributed by atoms with van der Waals surface area (Å²) in [5.41, 5.74) is 5.70. The zero-order valence-corrected chi connectivity index (χ0v) is 22.9. The van der Waals surface area contributed by atoms with Crippen molar-refractivity contribution in [2.45, 2.75) is 11.4 Å². The SMILES string of the molecule is CO/N=C(/C(=O)N[C@H]1C(=O)N2C(C(=O)O)=C(CSC(=O)c3ccco3)CS[C@@H]12)c1nc(N)cs1.[Na]. The quantitative estimate of drug-likeness (QED) is 0.183. The fourth-order valence-corrected chi connectivity index (χ4v) is 6.25. The van der Waals surface area contributed by atoms with E-state index in [-0.39, 0.29) is 74.2 Å². The van der Waals surface area contributed by atoms with E-state index in [1.807, 2.05) is 0 Å². The molecule has 16 heteroatoms. The Morgan fingerprint density at radius 3 is 2.83 bits per heavy atom. The van der Waals surface area contributed by atoms with E-state index in [0.29, 0.717) is 5.57 Å². The third-order valence-electron chi connectivity index (χ3n) is 4.76. The Balaban J connectivity index is 0.00000342. The molecule has 2 aromatic heterocycles. The second kappa shape index (κ2) is 11.6. The van der Waals surface area contributed by atoms with Gasteiger partial charge < -0.3 is 25.4 Å². The number of hydrogen-bond acceptors (Lipinski definition) is 12. The molecule has 0 spiro atoms. The van der Waals surface area contributed by atoms with Crippen molar-refractivity contribution in [2.24, 2.45) is 5.16 Å². The normalized spacial score (nSPS) is 19.4. The first-order valence-corrected chi connectivity index (χ1v) is 12.5. The first kappa shape index (κ1) is 27.3. The van der Waals surface area contributed by atoms with Gasteiger partial charge in [-0.15, -0.1) is 23.1 Å². The number of aromatic nitrogens is 1. The van der Waals surface area contributed by atoms with Crippen molar-refractivity contribution >= 4 is 98.8 Å². The number of carboxylic acids is 1. The number of nitrogens with one attached hydrogen (secondary N) is 1. The van der Waals surface area contributed by atoms with Gasteiger partial charge in [-0.2, -0.15) is 0 Å². The number of amides is 2. The molecule has 2 aromatic rings. The number of thiazole rings is 1. The first-order valence-electron chi connectivity index (χ1n) is 9.55. The third-order valence-corrected chi connectivity index (χ3v) is 7.92. The van der Waals surface area contributed by atoms with Crippen molar-refractivity contribution in [1.29, 1.82) is 0 Å². The van der Waals surface area contributed by atoms with E-state index < -0.39 is 29.2 Å². The monoisotopic (exact) mass is 546 g/mol. The average Bonchev–Trinajstić information content (AvgIpc) is 3.50. The average molecular weight is 547 g/mol. The van der Waals surface area contributed by atoms with E-state index in [9.17, 15) is 24.3 Å². The zero-order chi connectivity index (χ0) is 24.4. The minimum atomic E-state index is -1.29. The number of hydrogen-bond donors (Lipinski definition) is 3. The van der Waals surface area contributed by atoms with Crippen molar-refractivity contribution in [1.82, 2.24) is 15.2 Å². The van der Waals surface area contributed by atoms with Crippen LogP contribution in [0.4, 0.5) is 5.82 Å². The largest absolute Gasteiger partial charge is 0.477 e. The van der Waals surface area contributed by atoms with Crippen LogP contribution in [0.15, 0.2) is 44.6 Å². The molecule has 12 nitrogen and oxygen atoms in total. The van der Waals surface area contributed by atoms with Gasteiger partial charge in [0.25, 0.3) is 16.9 Å². The van der Waals surface area contributed by atoms with Crippen LogP contribution >= 0.6 is 34.9 Å². The van der Waals surface area contributed by atoms with Crippen LogP contribution in [0.25, 0.3) is 0 Å². The zero-order valence-electron chi connectivity index (χ0n) is 18.4. The van der Waals surface area contributed by atoms with Gasteiger partial charge in [-0.05, 0) is 17.7 Å². The summed E-state index contributed by atoms with van der Waals surface area (Å²) in [4.78, 5) is 59.6. The van der Waals surface area contributed by atoms with Gasteiger partial charge in [-0.1, -0.05) is 16.9 Å². The predicted molar refractivity (Wildman–Crippen MR) is 131 cm³/mol. The number of fused-ring (bicyclic) bond motifs is 1. The standard InChI is InChI=1S/C19H17N5O7S3.Na/c1-30-23-11(15-21-10(20)7-32-15)14(25)22-12-16(26)24-13(18(27)28)8(5-33-17(12)24)6-34-19(29)9-3-2-4-31-9;/h2-4,7,12,17H,5-6,20H2,1H3,(H,22,25)(H,27,28);/b23-11-;/t12-,17-;/m0./s1. The number of rotatable bonds is 8. The van der Waals surface area contributed by atoms with Crippen molar-refractivity contribution in [2.75, 3.05) is 24.3 Å². The summed E-state index contributed by atoms with van der Waals surface area (Å²) in [6.07, 6.45) is 1.37. The second-order valence-electron chi connectivity index (χ2n) is 6.87. The first-order chi connectivity index (χ1) is 16.3. The number of thioether (sulfide) groups is 2. The Kier molecular flexibility index (Phi) is 9.06. The van der Waals surface area contributed by atoms with Gasteiger partial charge in [0.05, 0.1) is 6.26 Å². The van der Waals surface area contributed by atoms with Gasteiger partial charge in [-0.3, -0.25) is 19.3 Å². The van der Waals surface area contributed by atoms with Crippen molar-refractivity contribution < 1.29 is 33.5 Å². The Bertz CT molecular complexity index is 1210. The van der Waals surface area contributed by atoms with E-state index >= 15 is 0 Å². The molecule has 2 atom stereocenters. The summed E-state index contributed by atoms with van der Waals surface area (Å²) >= 11 is 3.26. The maximum Gasteiger partial charge on any atom is 0.352 e. The molecule has 2 aliphatic heterocycles. The maximum atomic E-state index is 12.8. The molecule has 1 saturated heterocycles. The molecule has 35 heavy (non-hydrogen) atoms. The number of aliphatic carboxylic acids is 1. The van der Waals surface area contributed by atoms with Gasteiger partial charge in [0.15, 0.2) is 10.8 Å². The van der Waals surface area contributed by atoms with E-state index in [4.69, 9.17) is 15.0 Å². The van der Waals surface area contributed by atoms with Crippen LogP contribution in [0.1, 0.15) is 15.6 Å². The van der Waals surface area contributed by atoms with E-state index in [1.54, 1.807) is 6.07 Å². The number of nitrogen functional groups attached to an aromatic ring is 1. The molecular formula is C19H17N5NaO7S3. The van der Waals surface area contributed by atoms with Crippen LogP contribution in [0, 0.1) is 0 Å². The molecule has 1 radical (unpaired) electrons. The van der Waals surface area contributed by atoms with Crippen molar-refractivity contribution in [3.05, 3.63) is 45.8 Å². The number of carboxylic acid groups (broad SMARTS) is 1. The van der Waals surface area contributed by atoms with Crippen LogP contribution in [-0.4, -0.2) is 103 Å². The number of carbonyl (C=O) groups excluding carboxylic acids is 3. The molecule has 0 aliphatic carbocycles. The van der Waals surface area contributed by atoms with E-state index in [1.165, 1.54) is 36.6 Å². The molecule has 179 valence electrons. The van der Waals surface area contributed by atoms with Crippen molar-refractivity contribution in [3.8, 4) is 0 Å². The molecule has 0 aromatic carbocycles. The molecule has 4 N–H and O–H groups in total. The summed E-state index contributed by atoms with van der Waals surface area (Å²) < 4.78 is 5.05. The predicted octanol–water partition coefficient (Wildman–Crippen LogP) is 0.600. The number of nitrogens with zero attached hydrogens (tertiary/aromatic N) is 3. The topological polar surface area (TPSA) is 177 Å². The third kappa shape index (κ3) is 5.59. The smallest absolute Gasteiger partial charge is 0.352 e. The molecule has 0 saturated carbocycles. The number of β-lactam (4-membered cyclic amide) rings is 1.